The van der Waals surface area contributed by atoms with Crippen molar-refractivity contribution in [1.29, 1.82) is 0 Å². The van der Waals surface area contributed by atoms with E-state index in [0.29, 0.717) is 25.7 Å². The van der Waals surface area contributed by atoms with Gasteiger partial charge in [-0.1, -0.05) is 46.8 Å². The fraction of sp³-hybridized carbons (Fsp3) is 0.946. The molecule has 0 radical (unpaired) electrons. The van der Waals surface area contributed by atoms with Crippen molar-refractivity contribution in [3.8, 4) is 0 Å². The van der Waals surface area contributed by atoms with Gasteiger partial charge in [0.15, 0.2) is 12.6 Å². The number of fused-ring (bicyclic) bond motifs is 5. The zero-order valence-electron chi connectivity index (χ0n) is 30.1. The van der Waals surface area contributed by atoms with E-state index in [9.17, 15) is 46.0 Å². The Labute approximate surface area is 295 Å². The standard InChI is InChI=1S/C37H62O13/c1-17(2)26(50-34-31(45)29(43)25(41)16-48-34)7-6-18(3)20-13-22(38)32-36(20,5)11-9-27-35(4)10-8-19(12-21(35)23(39)14-37(27,32)46)49-33-30(44)28(42)24(40)15-47-33/h6-7,17-34,38-46H,8-16H2,1-5H3/b7-6+/t18-,19+,20-,21?,22-,23+,24-,25-,26+,27?,28+,29+,30-,31-,32?,33+,34+,35+,36-,37+/m1/s1. The molecule has 2 heterocycles. The lowest BCUT2D eigenvalue weighted by atomic mass is 9.42. The zero-order chi connectivity index (χ0) is 36.5. The van der Waals surface area contributed by atoms with E-state index < -0.39 is 89.9 Å². The Bertz CT molecular complexity index is 1200. The molecule has 2 aliphatic heterocycles. The Balaban J connectivity index is 1.15. The Morgan fingerprint density at radius 3 is 1.94 bits per heavy atom. The van der Waals surface area contributed by atoms with E-state index in [4.69, 9.17) is 18.9 Å². The SMILES string of the molecule is CC(C)[C@H](/C=C/[C@@H](C)[C@H]1C[C@@H](O)C2[C@]3(O)C[C@H](O)C4C[C@@H](O[C@@H]5OC[C@@H](O)[C@H](O)[C@H]5O)CC[C@]4(C)C3CC[C@@]21C)O[C@@H]1OC[C@@H](O)[C@H](O)[C@H]1O. The van der Waals surface area contributed by atoms with Crippen LogP contribution in [0.15, 0.2) is 12.2 Å². The lowest BCUT2D eigenvalue weighted by Gasteiger charge is -2.66. The molecular weight excluding hydrogens is 652 g/mol. The first-order chi connectivity index (χ1) is 23.4. The van der Waals surface area contributed by atoms with Gasteiger partial charge >= 0.3 is 0 Å². The molecule has 20 atom stereocenters. The second-order valence-electron chi connectivity index (χ2n) is 17.5. The molecule has 0 aromatic heterocycles. The van der Waals surface area contributed by atoms with Crippen LogP contribution in [0.25, 0.3) is 0 Å². The summed E-state index contributed by atoms with van der Waals surface area (Å²) in [5.74, 6) is -0.657. The summed E-state index contributed by atoms with van der Waals surface area (Å²) in [6.07, 6.45) is -4.31. The Kier molecular flexibility index (Phi) is 11.3. The molecular formula is C37H62O13. The molecule has 288 valence electrons. The molecule has 0 amide bonds. The average Bonchev–Trinajstić information content (AvgIpc) is 3.34. The predicted molar refractivity (Wildman–Crippen MR) is 178 cm³/mol. The molecule has 0 bridgehead atoms. The van der Waals surface area contributed by atoms with Crippen LogP contribution in [0.5, 0.6) is 0 Å². The lowest BCUT2D eigenvalue weighted by molar-refractivity contribution is -0.300. The van der Waals surface area contributed by atoms with Crippen molar-refractivity contribution < 1.29 is 64.9 Å². The predicted octanol–water partition coefficient (Wildman–Crippen LogP) is 0.199. The minimum absolute atomic E-state index is 0.00989. The van der Waals surface area contributed by atoms with Gasteiger partial charge in [0.1, 0.15) is 36.6 Å². The van der Waals surface area contributed by atoms with Crippen LogP contribution in [0.2, 0.25) is 0 Å². The molecule has 13 nitrogen and oxygen atoms in total. The normalized spacial score (nSPS) is 53.9. The van der Waals surface area contributed by atoms with Gasteiger partial charge in [-0.2, -0.15) is 0 Å². The summed E-state index contributed by atoms with van der Waals surface area (Å²) in [4.78, 5) is 0. The molecule has 3 unspecified atom stereocenters. The van der Waals surface area contributed by atoms with Crippen LogP contribution in [-0.4, -0.2) is 138 Å². The Hall–Kier alpha value is -0.780. The van der Waals surface area contributed by atoms with E-state index >= 15 is 0 Å². The number of rotatable bonds is 8. The van der Waals surface area contributed by atoms with E-state index in [1.54, 1.807) is 0 Å². The molecule has 6 fully saturated rings. The second-order valence-corrected chi connectivity index (χ2v) is 17.5. The van der Waals surface area contributed by atoms with Crippen molar-refractivity contribution in [2.45, 2.75) is 159 Å². The maximum atomic E-state index is 12.8. The highest BCUT2D eigenvalue weighted by Crippen LogP contribution is 2.69. The summed E-state index contributed by atoms with van der Waals surface area (Å²) in [7, 11) is 0. The summed E-state index contributed by atoms with van der Waals surface area (Å²) in [6, 6.07) is 0. The third kappa shape index (κ3) is 6.64. The molecule has 4 aliphatic carbocycles. The topological polar surface area (TPSA) is 219 Å². The van der Waals surface area contributed by atoms with Gasteiger partial charge in [0.25, 0.3) is 0 Å². The number of aliphatic hydroxyl groups excluding tert-OH is 8. The first kappa shape index (κ1) is 38.9. The summed E-state index contributed by atoms with van der Waals surface area (Å²) in [6.45, 7) is 10.1. The van der Waals surface area contributed by atoms with Gasteiger partial charge in [0, 0.05) is 12.3 Å². The molecule has 0 spiro atoms. The van der Waals surface area contributed by atoms with Gasteiger partial charge in [0.05, 0.1) is 43.2 Å². The number of hydrogen-bond donors (Lipinski definition) is 9. The fourth-order valence-corrected chi connectivity index (χ4v) is 11.4. The van der Waals surface area contributed by atoms with E-state index in [0.717, 1.165) is 12.8 Å². The van der Waals surface area contributed by atoms with Gasteiger partial charge < -0.3 is 64.9 Å². The van der Waals surface area contributed by atoms with Crippen molar-refractivity contribution in [3.05, 3.63) is 12.2 Å². The number of ether oxygens (including phenoxy) is 4. The molecule has 2 saturated heterocycles. The van der Waals surface area contributed by atoms with Crippen molar-refractivity contribution in [3.63, 3.8) is 0 Å². The molecule has 0 aromatic rings. The highest BCUT2D eigenvalue weighted by molar-refractivity contribution is 5.21. The first-order valence-electron chi connectivity index (χ1n) is 18.8. The van der Waals surface area contributed by atoms with Crippen LogP contribution < -0.4 is 0 Å². The molecule has 50 heavy (non-hydrogen) atoms. The Morgan fingerprint density at radius 1 is 0.700 bits per heavy atom. The molecule has 9 N–H and O–H groups in total. The van der Waals surface area contributed by atoms with E-state index in [2.05, 4.69) is 26.8 Å². The van der Waals surface area contributed by atoms with E-state index in [-0.39, 0.29) is 55.3 Å². The van der Waals surface area contributed by atoms with Crippen LogP contribution in [0, 0.1) is 46.3 Å². The van der Waals surface area contributed by atoms with Crippen LogP contribution in [0.1, 0.15) is 79.6 Å². The first-order valence-corrected chi connectivity index (χ1v) is 18.8. The summed E-state index contributed by atoms with van der Waals surface area (Å²) < 4.78 is 23.2. The highest BCUT2D eigenvalue weighted by Gasteiger charge is 2.70. The molecule has 4 saturated carbocycles. The largest absolute Gasteiger partial charge is 0.393 e. The van der Waals surface area contributed by atoms with Crippen LogP contribution >= 0.6 is 0 Å². The molecule has 6 rings (SSSR count). The number of allylic oxidation sites excluding steroid dienone is 1. The van der Waals surface area contributed by atoms with Crippen molar-refractivity contribution in [2.24, 2.45) is 46.3 Å². The molecule has 6 aliphatic rings. The monoisotopic (exact) mass is 714 g/mol. The molecule has 13 heteroatoms. The van der Waals surface area contributed by atoms with Crippen molar-refractivity contribution in [1.82, 2.24) is 0 Å². The summed E-state index contributed by atoms with van der Waals surface area (Å²) in [5, 5.41) is 97.0. The minimum Gasteiger partial charge on any atom is -0.393 e. The second kappa shape index (κ2) is 14.5. The van der Waals surface area contributed by atoms with Gasteiger partial charge in [-0.25, -0.2) is 0 Å². The fourth-order valence-electron chi connectivity index (χ4n) is 11.4. The maximum Gasteiger partial charge on any atom is 0.186 e. The highest BCUT2D eigenvalue weighted by atomic mass is 16.7. The lowest BCUT2D eigenvalue weighted by Crippen LogP contribution is -2.68. The third-order valence-corrected chi connectivity index (χ3v) is 14.1. The van der Waals surface area contributed by atoms with Gasteiger partial charge in [-0.3, -0.25) is 0 Å². The third-order valence-electron chi connectivity index (χ3n) is 14.1. The minimum atomic E-state index is -1.39. The smallest absolute Gasteiger partial charge is 0.186 e. The van der Waals surface area contributed by atoms with Crippen LogP contribution in [0.4, 0.5) is 0 Å². The average molecular weight is 715 g/mol. The van der Waals surface area contributed by atoms with E-state index in [1.807, 2.05) is 19.9 Å². The summed E-state index contributed by atoms with van der Waals surface area (Å²) in [5.41, 5.74) is -2.07. The summed E-state index contributed by atoms with van der Waals surface area (Å²) >= 11 is 0. The van der Waals surface area contributed by atoms with Crippen molar-refractivity contribution in [2.75, 3.05) is 13.2 Å². The van der Waals surface area contributed by atoms with Gasteiger partial charge in [-0.15, -0.1) is 0 Å². The number of hydrogen-bond acceptors (Lipinski definition) is 13. The van der Waals surface area contributed by atoms with Crippen LogP contribution in [0.3, 0.4) is 0 Å². The van der Waals surface area contributed by atoms with Crippen molar-refractivity contribution >= 4 is 0 Å². The van der Waals surface area contributed by atoms with E-state index in [1.165, 1.54) is 0 Å². The molecule has 0 aromatic carbocycles. The zero-order valence-corrected chi connectivity index (χ0v) is 30.1. The van der Waals surface area contributed by atoms with Gasteiger partial charge in [0.2, 0.25) is 0 Å². The Morgan fingerprint density at radius 2 is 1.30 bits per heavy atom. The quantitative estimate of drug-likeness (QED) is 0.121. The number of aliphatic hydroxyl groups is 9. The van der Waals surface area contributed by atoms with Gasteiger partial charge in [-0.05, 0) is 78.9 Å². The van der Waals surface area contributed by atoms with Crippen LogP contribution in [-0.2, 0) is 18.9 Å². The maximum absolute atomic E-state index is 12.8.